The lowest BCUT2D eigenvalue weighted by atomic mass is 10.4. The third-order valence-corrected chi connectivity index (χ3v) is 2.42. The Labute approximate surface area is 107 Å². The van der Waals surface area contributed by atoms with Crippen molar-refractivity contribution in [3.05, 3.63) is 29.9 Å². The van der Waals surface area contributed by atoms with Gasteiger partial charge < -0.3 is 5.32 Å². The van der Waals surface area contributed by atoms with E-state index in [0.29, 0.717) is 5.82 Å². The van der Waals surface area contributed by atoms with Crippen molar-refractivity contribution in [2.24, 2.45) is 0 Å². The molecule has 8 heteroatoms. The van der Waals surface area contributed by atoms with E-state index in [2.05, 4.69) is 20.4 Å². The lowest BCUT2D eigenvalue weighted by molar-refractivity contribution is -0.113. The highest BCUT2D eigenvalue weighted by Crippen LogP contribution is 2.24. The van der Waals surface area contributed by atoms with E-state index in [-0.39, 0.29) is 16.7 Å². The second kappa shape index (κ2) is 5.11. The van der Waals surface area contributed by atoms with Gasteiger partial charge in [-0.25, -0.2) is 14.6 Å². The molecule has 0 unspecified atom stereocenters. The summed E-state index contributed by atoms with van der Waals surface area (Å²) in [5, 5.41) is 6.66. The van der Waals surface area contributed by atoms with E-state index in [1.807, 2.05) is 0 Å². The van der Waals surface area contributed by atoms with Crippen molar-refractivity contribution < 1.29 is 4.79 Å². The van der Waals surface area contributed by atoms with Crippen molar-refractivity contribution in [3.8, 4) is 5.82 Å². The van der Waals surface area contributed by atoms with Crippen LogP contribution in [0.15, 0.2) is 24.8 Å². The summed E-state index contributed by atoms with van der Waals surface area (Å²) in [6, 6.07) is 1.73. The number of amides is 1. The van der Waals surface area contributed by atoms with Crippen LogP contribution >= 0.6 is 23.2 Å². The zero-order valence-electron chi connectivity index (χ0n) is 8.47. The first kappa shape index (κ1) is 11.8. The summed E-state index contributed by atoms with van der Waals surface area (Å²) in [5.41, 5.74) is 0.281. The molecule has 0 radical (unpaired) electrons. The minimum absolute atomic E-state index is 0.129. The van der Waals surface area contributed by atoms with Gasteiger partial charge in [-0.2, -0.15) is 5.10 Å². The number of rotatable bonds is 3. The predicted molar refractivity (Wildman–Crippen MR) is 63.5 cm³/mol. The van der Waals surface area contributed by atoms with Gasteiger partial charge in [0, 0.05) is 12.4 Å². The number of alkyl halides is 1. The fourth-order valence-electron chi connectivity index (χ4n) is 1.20. The van der Waals surface area contributed by atoms with Crippen LogP contribution in [0.2, 0.25) is 5.15 Å². The predicted octanol–water partition coefficient (Wildman–Crippen LogP) is 1.49. The van der Waals surface area contributed by atoms with E-state index in [1.54, 1.807) is 18.5 Å². The summed E-state index contributed by atoms with van der Waals surface area (Å²) < 4.78 is 1.47. The molecule has 6 nitrogen and oxygen atoms in total. The van der Waals surface area contributed by atoms with Crippen LogP contribution in [0.5, 0.6) is 0 Å². The molecule has 0 saturated heterocycles. The maximum Gasteiger partial charge on any atom is 0.239 e. The van der Waals surface area contributed by atoms with Gasteiger partial charge in [-0.15, -0.1) is 11.6 Å². The van der Waals surface area contributed by atoms with Gasteiger partial charge in [0.1, 0.15) is 17.9 Å². The zero-order chi connectivity index (χ0) is 12.3. The van der Waals surface area contributed by atoms with E-state index in [9.17, 15) is 4.79 Å². The molecular weight excluding hydrogens is 265 g/mol. The Bertz CT molecular complexity index is 528. The van der Waals surface area contributed by atoms with E-state index < -0.39 is 5.91 Å². The molecule has 0 fully saturated rings. The highest BCUT2D eigenvalue weighted by molar-refractivity contribution is 6.34. The van der Waals surface area contributed by atoms with E-state index >= 15 is 0 Å². The van der Waals surface area contributed by atoms with Crippen LogP contribution in [-0.2, 0) is 4.79 Å². The molecule has 0 aliphatic carbocycles. The Morgan fingerprint density at radius 1 is 1.47 bits per heavy atom. The number of hydrogen-bond donors (Lipinski definition) is 1. The highest BCUT2D eigenvalue weighted by Gasteiger charge is 2.14. The van der Waals surface area contributed by atoms with Crippen molar-refractivity contribution in [2.75, 3.05) is 11.2 Å². The van der Waals surface area contributed by atoms with Crippen LogP contribution in [0.1, 0.15) is 0 Å². The van der Waals surface area contributed by atoms with Crippen molar-refractivity contribution in [2.45, 2.75) is 0 Å². The smallest absolute Gasteiger partial charge is 0.239 e. The lowest BCUT2D eigenvalue weighted by Gasteiger charge is -2.09. The molecule has 2 rings (SSSR count). The Morgan fingerprint density at radius 3 is 2.94 bits per heavy atom. The standard InChI is InChI=1S/C9H7Cl2N5O/c10-4-6(17)15-7-8(11)12-5-13-9(7)16-3-1-2-14-16/h1-3,5H,4H2,(H,15,17). The summed E-state index contributed by atoms with van der Waals surface area (Å²) in [6.07, 6.45) is 4.55. The molecule has 0 atom stereocenters. The number of hydrogen-bond acceptors (Lipinski definition) is 4. The molecule has 1 amide bonds. The summed E-state index contributed by atoms with van der Waals surface area (Å²) in [7, 11) is 0. The maximum absolute atomic E-state index is 11.3. The fourth-order valence-corrected chi connectivity index (χ4v) is 1.45. The molecule has 2 aromatic heterocycles. The minimum Gasteiger partial charge on any atom is -0.319 e. The Balaban J connectivity index is 2.45. The quantitative estimate of drug-likeness (QED) is 0.678. The van der Waals surface area contributed by atoms with Gasteiger partial charge in [-0.3, -0.25) is 4.79 Å². The van der Waals surface area contributed by atoms with Gasteiger partial charge in [-0.05, 0) is 6.07 Å². The van der Waals surface area contributed by atoms with Crippen LogP contribution in [-0.4, -0.2) is 31.5 Å². The zero-order valence-corrected chi connectivity index (χ0v) is 9.98. The summed E-state index contributed by atoms with van der Waals surface area (Å²) >= 11 is 11.3. The third-order valence-electron chi connectivity index (χ3n) is 1.89. The molecule has 2 heterocycles. The molecule has 0 bridgehead atoms. The fraction of sp³-hybridized carbons (Fsp3) is 0.111. The molecule has 0 saturated carbocycles. The Kier molecular flexibility index (Phi) is 3.55. The summed E-state index contributed by atoms with van der Waals surface area (Å²) in [4.78, 5) is 19.1. The monoisotopic (exact) mass is 271 g/mol. The largest absolute Gasteiger partial charge is 0.319 e. The molecular formula is C9H7Cl2N5O. The van der Waals surface area contributed by atoms with Gasteiger partial charge in [0.05, 0.1) is 0 Å². The average Bonchev–Trinajstić information content (AvgIpc) is 2.85. The number of nitrogens with one attached hydrogen (secondary N) is 1. The van der Waals surface area contributed by atoms with Crippen LogP contribution in [0, 0.1) is 0 Å². The Morgan fingerprint density at radius 2 is 2.29 bits per heavy atom. The number of nitrogens with zero attached hydrogens (tertiary/aromatic N) is 4. The number of carbonyl (C=O) groups is 1. The van der Waals surface area contributed by atoms with Crippen LogP contribution in [0.25, 0.3) is 5.82 Å². The maximum atomic E-state index is 11.3. The van der Waals surface area contributed by atoms with Crippen LogP contribution in [0.3, 0.4) is 0 Å². The lowest BCUT2D eigenvalue weighted by Crippen LogP contribution is -2.16. The number of carbonyl (C=O) groups excluding carboxylic acids is 1. The van der Waals surface area contributed by atoms with Crippen LogP contribution < -0.4 is 5.32 Å². The molecule has 17 heavy (non-hydrogen) atoms. The minimum atomic E-state index is -0.392. The topological polar surface area (TPSA) is 72.7 Å². The molecule has 88 valence electrons. The van der Waals surface area contributed by atoms with Crippen molar-refractivity contribution in [1.82, 2.24) is 19.7 Å². The second-order valence-electron chi connectivity index (χ2n) is 3.00. The van der Waals surface area contributed by atoms with Gasteiger partial charge in [-0.1, -0.05) is 11.6 Å². The number of halogens is 2. The normalized spacial score (nSPS) is 10.2. The van der Waals surface area contributed by atoms with Crippen molar-refractivity contribution in [1.29, 1.82) is 0 Å². The van der Waals surface area contributed by atoms with Crippen molar-refractivity contribution in [3.63, 3.8) is 0 Å². The van der Waals surface area contributed by atoms with Gasteiger partial charge in [0.25, 0.3) is 0 Å². The first-order valence-corrected chi connectivity index (χ1v) is 5.50. The molecule has 0 aliphatic heterocycles. The average molecular weight is 272 g/mol. The molecule has 1 N–H and O–H groups in total. The Hall–Kier alpha value is -1.66. The molecule has 2 aromatic rings. The summed E-state index contributed by atoms with van der Waals surface area (Å²) in [5.74, 6) is -0.186. The highest BCUT2D eigenvalue weighted by atomic mass is 35.5. The SMILES string of the molecule is O=C(CCl)Nc1c(Cl)ncnc1-n1cccn1. The second-order valence-corrected chi connectivity index (χ2v) is 3.62. The van der Waals surface area contributed by atoms with Crippen LogP contribution in [0.4, 0.5) is 5.69 Å². The van der Waals surface area contributed by atoms with Gasteiger partial charge >= 0.3 is 0 Å². The third kappa shape index (κ3) is 2.54. The molecule has 0 aromatic carbocycles. The molecule has 0 aliphatic rings. The van der Waals surface area contributed by atoms with Gasteiger partial charge in [0.2, 0.25) is 5.91 Å². The van der Waals surface area contributed by atoms with Crippen molar-refractivity contribution >= 4 is 34.8 Å². The van der Waals surface area contributed by atoms with E-state index in [0.717, 1.165) is 0 Å². The first-order valence-electron chi connectivity index (χ1n) is 4.58. The summed E-state index contributed by atoms with van der Waals surface area (Å²) in [6.45, 7) is 0. The van der Waals surface area contributed by atoms with E-state index in [4.69, 9.17) is 23.2 Å². The van der Waals surface area contributed by atoms with E-state index in [1.165, 1.54) is 11.0 Å². The van der Waals surface area contributed by atoms with Gasteiger partial charge in [0.15, 0.2) is 11.0 Å². The number of anilines is 1. The number of aromatic nitrogens is 4. The molecule has 0 spiro atoms. The first-order chi connectivity index (χ1) is 8.22.